The van der Waals surface area contributed by atoms with Crippen LogP contribution in [0.4, 0.5) is 5.69 Å². The highest BCUT2D eigenvalue weighted by atomic mass is 16.5. The smallest absolute Gasteiger partial charge is 0.0593 e. The fourth-order valence-electron chi connectivity index (χ4n) is 3.77. The minimum Gasteiger partial charge on any atom is -0.380 e. The molecule has 0 bridgehead atoms. The van der Waals surface area contributed by atoms with Crippen LogP contribution in [0.15, 0.2) is 24.3 Å². The molecule has 4 nitrogen and oxygen atoms in total. The first kappa shape index (κ1) is 16.7. The van der Waals surface area contributed by atoms with Gasteiger partial charge in [-0.2, -0.15) is 0 Å². The van der Waals surface area contributed by atoms with Gasteiger partial charge in [-0.25, -0.2) is 0 Å². The van der Waals surface area contributed by atoms with Gasteiger partial charge in [-0.05, 0) is 43.5 Å². The number of benzene rings is 1. The molecule has 1 unspecified atom stereocenters. The van der Waals surface area contributed by atoms with E-state index < -0.39 is 0 Å². The van der Waals surface area contributed by atoms with E-state index in [1.165, 1.54) is 56.7 Å². The molecule has 2 heterocycles. The number of rotatable bonds is 5. The van der Waals surface area contributed by atoms with Crippen LogP contribution in [0.25, 0.3) is 0 Å². The summed E-state index contributed by atoms with van der Waals surface area (Å²) in [5, 5.41) is 0. The molecule has 0 amide bonds. The van der Waals surface area contributed by atoms with Crippen LogP contribution in [0.2, 0.25) is 0 Å². The maximum atomic E-state index is 5.56. The van der Waals surface area contributed by atoms with Crippen molar-refractivity contribution >= 4 is 5.69 Å². The van der Waals surface area contributed by atoms with E-state index in [0.29, 0.717) is 6.04 Å². The first-order valence-corrected chi connectivity index (χ1v) is 9.05. The molecule has 23 heavy (non-hydrogen) atoms. The Bertz CT molecular complexity index is 483. The summed E-state index contributed by atoms with van der Waals surface area (Å²) < 4.78 is 5.56. The first-order chi connectivity index (χ1) is 11.2. The zero-order valence-corrected chi connectivity index (χ0v) is 14.7. The van der Waals surface area contributed by atoms with Gasteiger partial charge in [0.15, 0.2) is 0 Å². The van der Waals surface area contributed by atoms with Crippen molar-refractivity contribution in [2.75, 3.05) is 64.9 Å². The molecule has 2 fully saturated rings. The number of nitrogens with zero attached hydrogens (tertiary/aromatic N) is 3. The second-order valence-electron chi connectivity index (χ2n) is 6.99. The van der Waals surface area contributed by atoms with E-state index in [9.17, 15) is 0 Å². The van der Waals surface area contributed by atoms with Crippen LogP contribution >= 0.6 is 0 Å². The van der Waals surface area contributed by atoms with E-state index in [-0.39, 0.29) is 0 Å². The summed E-state index contributed by atoms with van der Waals surface area (Å²) in [5.41, 5.74) is 2.78. The third kappa shape index (κ3) is 4.46. The lowest BCUT2D eigenvalue weighted by Gasteiger charge is -2.28. The van der Waals surface area contributed by atoms with Crippen LogP contribution in [-0.2, 0) is 4.74 Å². The zero-order valence-electron chi connectivity index (χ0n) is 14.7. The molecular formula is C19H31N3O. The third-order valence-electron chi connectivity index (χ3n) is 5.15. The molecule has 0 saturated carbocycles. The minimum absolute atomic E-state index is 0.595. The van der Waals surface area contributed by atoms with Crippen LogP contribution in [0.1, 0.15) is 30.9 Å². The van der Waals surface area contributed by atoms with Crippen molar-refractivity contribution in [3.05, 3.63) is 29.8 Å². The van der Waals surface area contributed by atoms with Crippen LogP contribution in [-0.4, -0.2) is 69.8 Å². The summed E-state index contributed by atoms with van der Waals surface area (Å²) in [6.45, 7) is 7.70. The van der Waals surface area contributed by atoms with Gasteiger partial charge >= 0.3 is 0 Å². The van der Waals surface area contributed by atoms with Gasteiger partial charge in [0.1, 0.15) is 0 Å². The van der Waals surface area contributed by atoms with E-state index in [1.807, 2.05) is 0 Å². The maximum Gasteiger partial charge on any atom is 0.0593 e. The normalized spacial score (nSPS) is 23.8. The molecule has 2 aliphatic rings. The van der Waals surface area contributed by atoms with Crippen LogP contribution in [0, 0.1) is 0 Å². The van der Waals surface area contributed by atoms with E-state index in [4.69, 9.17) is 4.74 Å². The van der Waals surface area contributed by atoms with Crippen molar-refractivity contribution in [1.82, 2.24) is 9.80 Å². The highest BCUT2D eigenvalue weighted by Crippen LogP contribution is 2.33. The Balaban J connectivity index is 1.60. The Labute approximate surface area is 141 Å². The summed E-state index contributed by atoms with van der Waals surface area (Å²) in [4.78, 5) is 7.44. The zero-order chi connectivity index (χ0) is 16.1. The fourth-order valence-corrected chi connectivity index (χ4v) is 3.77. The third-order valence-corrected chi connectivity index (χ3v) is 5.15. The molecule has 2 saturated heterocycles. The monoisotopic (exact) mass is 317 g/mol. The lowest BCUT2D eigenvalue weighted by molar-refractivity contribution is 0.137. The van der Waals surface area contributed by atoms with E-state index in [1.54, 1.807) is 0 Å². The largest absolute Gasteiger partial charge is 0.380 e. The van der Waals surface area contributed by atoms with Crippen LogP contribution in [0.5, 0.6) is 0 Å². The molecule has 0 radical (unpaired) electrons. The molecule has 1 aromatic rings. The Hall–Kier alpha value is -1.10. The summed E-state index contributed by atoms with van der Waals surface area (Å²) in [6.07, 6.45) is 3.79. The molecule has 2 aliphatic heterocycles. The number of likely N-dealkylation sites (tertiary alicyclic amines) is 1. The summed E-state index contributed by atoms with van der Waals surface area (Å²) >= 11 is 0. The van der Waals surface area contributed by atoms with Crippen LogP contribution < -0.4 is 4.90 Å². The predicted octanol–water partition coefficient (Wildman–Crippen LogP) is 2.61. The second-order valence-corrected chi connectivity index (χ2v) is 6.99. The number of anilines is 1. The molecule has 0 aromatic heterocycles. The van der Waals surface area contributed by atoms with Gasteiger partial charge < -0.3 is 9.64 Å². The van der Waals surface area contributed by atoms with E-state index >= 15 is 0 Å². The van der Waals surface area contributed by atoms with Crippen molar-refractivity contribution in [1.29, 1.82) is 0 Å². The van der Waals surface area contributed by atoms with Gasteiger partial charge in [-0.1, -0.05) is 12.1 Å². The van der Waals surface area contributed by atoms with Crippen molar-refractivity contribution in [3.8, 4) is 0 Å². The SMILES string of the molecule is CN(C)c1cccc(C2CCCN2CCN2CCCOCC2)c1. The molecule has 3 rings (SSSR count). The van der Waals surface area contributed by atoms with E-state index in [0.717, 1.165) is 19.8 Å². The second kappa shape index (κ2) is 8.13. The topological polar surface area (TPSA) is 19.0 Å². The minimum atomic E-state index is 0.595. The maximum absolute atomic E-state index is 5.56. The number of ether oxygens (including phenoxy) is 1. The summed E-state index contributed by atoms with van der Waals surface area (Å²) in [5.74, 6) is 0. The molecule has 0 spiro atoms. The predicted molar refractivity (Wildman–Crippen MR) is 96.2 cm³/mol. The lowest BCUT2D eigenvalue weighted by Crippen LogP contribution is -2.36. The molecule has 1 aromatic carbocycles. The Morgan fingerprint density at radius 2 is 2.00 bits per heavy atom. The van der Waals surface area contributed by atoms with E-state index in [2.05, 4.69) is 53.1 Å². The van der Waals surface area contributed by atoms with Crippen molar-refractivity contribution in [2.24, 2.45) is 0 Å². The van der Waals surface area contributed by atoms with Crippen molar-refractivity contribution in [2.45, 2.75) is 25.3 Å². The van der Waals surface area contributed by atoms with Gasteiger partial charge in [-0.3, -0.25) is 9.80 Å². The summed E-state index contributed by atoms with van der Waals surface area (Å²) in [7, 11) is 4.24. The average Bonchev–Trinajstić information content (AvgIpc) is 2.88. The molecular weight excluding hydrogens is 286 g/mol. The molecule has 128 valence electrons. The van der Waals surface area contributed by atoms with Gasteiger partial charge in [-0.15, -0.1) is 0 Å². The lowest BCUT2D eigenvalue weighted by atomic mass is 10.0. The Morgan fingerprint density at radius 1 is 1.09 bits per heavy atom. The molecule has 0 aliphatic carbocycles. The fraction of sp³-hybridized carbons (Fsp3) is 0.684. The first-order valence-electron chi connectivity index (χ1n) is 9.05. The number of hydrogen-bond donors (Lipinski definition) is 0. The Kier molecular flexibility index (Phi) is 5.92. The average molecular weight is 317 g/mol. The standard InChI is InChI=1S/C19H31N3O/c1-20(2)18-7-3-6-17(16-18)19-8-4-10-22(19)12-11-21-9-5-14-23-15-13-21/h3,6-7,16,19H,4-5,8-15H2,1-2H3. The summed E-state index contributed by atoms with van der Waals surface area (Å²) in [6, 6.07) is 9.66. The molecule has 4 heteroatoms. The quantitative estimate of drug-likeness (QED) is 0.831. The molecule has 0 N–H and O–H groups in total. The molecule has 1 atom stereocenters. The van der Waals surface area contributed by atoms with Gasteiger partial charge in [0.05, 0.1) is 6.61 Å². The highest BCUT2D eigenvalue weighted by Gasteiger charge is 2.26. The highest BCUT2D eigenvalue weighted by molar-refractivity contribution is 5.48. The van der Waals surface area contributed by atoms with Gasteiger partial charge in [0.25, 0.3) is 0 Å². The van der Waals surface area contributed by atoms with Gasteiger partial charge in [0.2, 0.25) is 0 Å². The van der Waals surface area contributed by atoms with Crippen molar-refractivity contribution < 1.29 is 4.74 Å². The number of hydrogen-bond acceptors (Lipinski definition) is 4. The van der Waals surface area contributed by atoms with Crippen LogP contribution in [0.3, 0.4) is 0 Å². The Morgan fingerprint density at radius 3 is 2.87 bits per heavy atom. The van der Waals surface area contributed by atoms with Crippen molar-refractivity contribution in [3.63, 3.8) is 0 Å². The van der Waals surface area contributed by atoms with Gasteiger partial charge in [0, 0.05) is 58.6 Å².